The van der Waals surface area contributed by atoms with Crippen molar-refractivity contribution in [1.29, 1.82) is 0 Å². The predicted molar refractivity (Wildman–Crippen MR) is 168 cm³/mol. The quantitative estimate of drug-likeness (QED) is 0.0558. The summed E-state index contributed by atoms with van der Waals surface area (Å²) in [5.74, 6) is -1.53. The minimum absolute atomic E-state index is 0.00169. The fourth-order valence-corrected chi connectivity index (χ4v) is 4.76. The molecule has 0 bridgehead atoms. The summed E-state index contributed by atoms with van der Waals surface area (Å²) in [6.07, 6.45) is 2.61. The lowest BCUT2D eigenvalue weighted by Crippen LogP contribution is -2.41. The molecule has 0 aliphatic carbocycles. The number of aromatic nitrogens is 8. The van der Waals surface area contributed by atoms with Gasteiger partial charge in [-0.15, -0.1) is 10.2 Å². The number of benzene rings is 2. The standard InChI is InChI=1S/C29H31N13O4/c1-14-6-8-17(19(10-14)25-39-41-42-40-25)22(43)5-3-2-4-21(28(45)46)36-27(44)18-9-7-15(11-20(18)30)33-12-16-13-34-26-23(35-16)24(31)37-29(32)38-26/h6-11,13,21,33H,2-5,12,30H2,1H3,(H,36,44)(H,45,46)(H,39,40,41,42)(H4,31,32,34,37,38)/t21-/m0/s1. The number of aromatic amines is 1. The van der Waals surface area contributed by atoms with Crippen LogP contribution in [0.3, 0.4) is 0 Å². The first kappa shape index (κ1) is 31.2. The van der Waals surface area contributed by atoms with Crippen LogP contribution in [-0.2, 0) is 11.3 Å². The van der Waals surface area contributed by atoms with Gasteiger partial charge in [0, 0.05) is 28.9 Å². The molecule has 0 saturated carbocycles. The third kappa shape index (κ3) is 7.26. The number of fused-ring (bicyclic) bond motifs is 1. The van der Waals surface area contributed by atoms with E-state index >= 15 is 0 Å². The summed E-state index contributed by atoms with van der Waals surface area (Å²) in [4.78, 5) is 54.4. The van der Waals surface area contributed by atoms with Gasteiger partial charge in [-0.3, -0.25) is 9.59 Å². The molecule has 5 rings (SSSR count). The van der Waals surface area contributed by atoms with E-state index in [1.54, 1.807) is 18.2 Å². The fourth-order valence-electron chi connectivity index (χ4n) is 4.76. The van der Waals surface area contributed by atoms with Gasteiger partial charge in [-0.05, 0) is 49.2 Å². The van der Waals surface area contributed by atoms with Crippen molar-refractivity contribution < 1.29 is 19.5 Å². The van der Waals surface area contributed by atoms with E-state index in [-0.39, 0.29) is 53.8 Å². The molecule has 3 aromatic heterocycles. The van der Waals surface area contributed by atoms with E-state index in [0.717, 1.165) is 5.56 Å². The number of hydrogen-bond donors (Lipinski definition) is 7. The van der Waals surface area contributed by atoms with E-state index in [1.165, 1.54) is 12.3 Å². The number of nitrogens with one attached hydrogen (secondary N) is 3. The van der Waals surface area contributed by atoms with Crippen molar-refractivity contribution in [3.8, 4) is 11.4 Å². The van der Waals surface area contributed by atoms with Crippen molar-refractivity contribution in [2.75, 3.05) is 22.5 Å². The lowest BCUT2D eigenvalue weighted by molar-refractivity contribution is -0.139. The molecule has 1 atom stereocenters. The van der Waals surface area contributed by atoms with Crippen LogP contribution in [0.4, 0.5) is 23.1 Å². The number of nitrogen functional groups attached to an aromatic ring is 3. The van der Waals surface area contributed by atoms with Crippen molar-refractivity contribution in [3.63, 3.8) is 0 Å². The molecule has 1 amide bonds. The number of carbonyl (C=O) groups excluding carboxylic acids is 2. The Morgan fingerprint density at radius 3 is 2.54 bits per heavy atom. The van der Waals surface area contributed by atoms with Crippen LogP contribution >= 0.6 is 0 Å². The van der Waals surface area contributed by atoms with Gasteiger partial charge in [-0.1, -0.05) is 24.1 Å². The molecule has 0 aliphatic rings. The average molecular weight is 626 g/mol. The number of nitrogens with zero attached hydrogens (tertiary/aromatic N) is 7. The topological polar surface area (TPSA) is 280 Å². The molecule has 236 valence electrons. The number of H-pyrrole nitrogens is 1. The van der Waals surface area contributed by atoms with Gasteiger partial charge >= 0.3 is 5.97 Å². The Hall–Kier alpha value is -6.26. The largest absolute Gasteiger partial charge is 0.480 e. The van der Waals surface area contributed by atoms with Crippen LogP contribution < -0.4 is 27.8 Å². The van der Waals surface area contributed by atoms with Crippen LogP contribution in [0.1, 0.15) is 57.7 Å². The first-order valence-corrected chi connectivity index (χ1v) is 14.2. The third-order valence-corrected chi connectivity index (χ3v) is 7.08. The summed E-state index contributed by atoms with van der Waals surface area (Å²) in [5.41, 5.74) is 21.6. The predicted octanol–water partition coefficient (Wildman–Crippen LogP) is 1.89. The van der Waals surface area contributed by atoms with Crippen molar-refractivity contribution in [2.24, 2.45) is 0 Å². The molecule has 0 unspecified atom stereocenters. The zero-order valence-corrected chi connectivity index (χ0v) is 24.7. The highest BCUT2D eigenvalue weighted by atomic mass is 16.4. The van der Waals surface area contributed by atoms with Gasteiger partial charge in [0.25, 0.3) is 5.91 Å². The first-order chi connectivity index (χ1) is 22.1. The summed E-state index contributed by atoms with van der Waals surface area (Å²) >= 11 is 0. The summed E-state index contributed by atoms with van der Waals surface area (Å²) < 4.78 is 0. The van der Waals surface area contributed by atoms with Crippen LogP contribution in [0.15, 0.2) is 42.6 Å². The normalized spacial score (nSPS) is 11.7. The maximum Gasteiger partial charge on any atom is 0.326 e. The fraction of sp³-hybridized carbons (Fsp3) is 0.241. The molecule has 46 heavy (non-hydrogen) atoms. The number of hydrogen-bond acceptors (Lipinski definition) is 14. The number of nitrogens with two attached hydrogens (primary N) is 3. The molecular formula is C29H31N13O4. The monoisotopic (exact) mass is 625 g/mol. The van der Waals surface area contributed by atoms with Gasteiger partial charge in [0.1, 0.15) is 6.04 Å². The van der Waals surface area contributed by atoms with Crippen molar-refractivity contribution >= 4 is 52.0 Å². The Balaban J connectivity index is 1.14. The first-order valence-electron chi connectivity index (χ1n) is 14.2. The smallest absolute Gasteiger partial charge is 0.326 e. The summed E-state index contributed by atoms with van der Waals surface area (Å²) in [7, 11) is 0. The molecular weight excluding hydrogens is 594 g/mol. The van der Waals surface area contributed by atoms with Gasteiger partial charge in [-0.25, -0.2) is 14.8 Å². The van der Waals surface area contributed by atoms with E-state index in [2.05, 4.69) is 51.2 Å². The van der Waals surface area contributed by atoms with Gasteiger partial charge in [0.2, 0.25) is 11.8 Å². The summed E-state index contributed by atoms with van der Waals surface area (Å²) in [6, 6.07) is 8.86. The second-order valence-electron chi connectivity index (χ2n) is 10.5. The van der Waals surface area contributed by atoms with Crippen LogP contribution in [0.5, 0.6) is 0 Å². The van der Waals surface area contributed by atoms with Crippen LogP contribution in [0.2, 0.25) is 0 Å². The Bertz CT molecular complexity index is 1910. The number of carboxylic acids is 1. The highest BCUT2D eigenvalue weighted by Gasteiger charge is 2.22. The number of ketones is 1. The second-order valence-corrected chi connectivity index (χ2v) is 10.5. The minimum atomic E-state index is -1.19. The number of unbranched alkanes of at least 4 members (excludes halogenated alkanes) is 1. The number of carbonyl (C=O) groups is 3. The highest BCUT2D eigenvalue weighted by Crippen LogP contribution is 2.24. The Morgan fingerprint density at radius 1 is 1.00 bits per heavy atom. The molecule has 5 aromatic rings. The molecule has 17 nitrogen and oxygen atoms in total. The number of tetrazole rings is 1. The summed E-state index contributed by atoms with van der Waals surface area (Å²) in [6.45, 7) is 2.15. The number of amides is 1. The maximum absolute atomic E-state index is 13.0. The van der Waals surface area contributed by atoms with Gasteiger partial charge in [0.05, 0.1) is 24.0 Å². The van der Waals surface area contributed by atoms with Crippen LogP contribution in [-0.4, -0.2) is 69.4 Å². The third-order valence-electron chi connectivity index (χ3n) is 7.08. The maximum atomic E-state index is 13.0. The molecule has 2 aromatic carbocycles. The van der Waals surface area contributed by atoms with Crippen molar-refractivity contribution in [3.05, 3.63) is 65.0 Å². The average Bonchev–Trinajstić information content (AvgIpc) is 3.56. The Kier molecular flexibility index (Phi) is 9.20. The molecule has 0 fully saturated rings. The number of carboxylic acid groups (broad SMARTS) is 1. The zero-order valence-electron chi connectivity index (χ0n) is 24.7. The highest BCUT2D eigenvalue weighted by molar-refractivity contribution is 6.02. The molecule has 0 saturated heterocycles. The van der Waals surface area contributed by atoms with Gasteiger partial charge < -0.3 is 32.9 Å². The Labute approximate surface area is 261 Å². The number of anilines is 4. The van der Waals surface area contributed by atoms with Crippen LogP contribution in [0.25, 0.3) is 22.6 Å². The minimum Gasteiger partial charge on any atom is -0.480 e. The lowest BCUT2D eigenvalue weighted by Gasteiger charge is -2.16. The van der Waals surface area contributed by atoms with E-state index in [1.807, 2.05) is 19.1 Å². The molecule has 0 spiro atoms. The molecule has 3 heterocycles. The molecule has 0 aliphatic heterocycles. The number of aryl methyl sites for hydroxylation is 1. The number of rotatable bonds is 13. The van der Waals surface area contributed by atoms with E-state index in [4.69, 9.17) is 17.2 Å². The SMILES string of the molecule is Cc1ccc(C(=O)CCCC[C@H](NC(=O)c2ccc(NCc3cnc4nc(N)nc(N)c4n3)cc2N)C(=O)O)c(-c2nn[nH]n2)c1. The zero-order chi connectivity index (χ0) is 32.8. The summed E-state index contributed by atoms with van der Waals surface area (Å²) in [5, 5.41) is 29.3. The van der Waals surface area contributed by atoms with Gasteiger partial charge in [-0.2, -0.15) is 15.2 Å². The van der Waals surface area contributed by atoms with E-state index < -0.39 is 17.9 Å². The molecule has 17 heteroatoms. The van der Waals surface area contributed by atoms with Crippen LogP contribution in [0, 0.1) is 6.92 Å². The van der Waals surface area contributed by atoms with Crippen molar-refractivity contribution in [2.45, 2.75) is 45.2 Å². The number of Topliss-reactive ketones (excluding diaryl/α,β-unsaturated/α-hetero) is 1. The molecule has 0 radical (unpaired) electrons. The molecule has 10 N–H and O–H groups in total. The van der Waals surface area contributed by atoms with Gasteiger partial charge in [0.15, 0.2) is 22.8 Å². The van der Waals surface area contributed by atoms with Crippen molar-refractivity contribution in [1.82, 2.24) is 45.9 Å². The Morgan fingerprint density at radius 2 is 1.80 bits per heavy atom. The number of aliphatic carboxylic acids is 1. The second kappa shape index (κ2) is 13.6. The van der Waals surface area contributed by atoms with E-state index in [9.17, 15) is 19.5 Å². The lowest BCUT2D eigenvalue weighted by atomic mass is 9.97. The van der Waals surface area contributed by atoms with E-state index in [0.29, 0.717) is 46.7 Å².